The summed E-state index contributed by atoms with van der Waals surface area (Å²) in [6, 6.07) is 3.94. The molecule has 0 aliphatic carbocycles. The standard InChI is InChI=1S/C18H21N3O2S/c22-16-3-5-18(6-9-23-13-18)12-21(16)8-4-15-11-24-17(20-15)14-2-1-7-19-10-14/h1-2,7,10-11H,3-6,8-9,12-13H2/t18-/m0/s1. The molecule has 0 saturated carbocycles. The van der Waals surface area contributed by atoms with E-state index in [1.807, 2.05) is 23.2 Å². The summed E-state index contributed by atoms with van der Waals surface area (Å²) in [6.45, 7) is 3.23. The van der Waals surface area contributed by atoms with Gasteiger partial charge in [-0.15, -0.1) is 11.3 Å². The van der Waals surface area contributed by atoms with Gasteiger partial charge < -0.3 is 9.64 Å². The van der Waals surface area contributed by atoms with Crippen LogP contribution in [0.1, 0.15) is 25.0 Å². The molecule has 24 heavy (non-hydrogen) atoms. The third-order valence-electron chi connectivity index (χ3n) is 5.03. The van der Waals surface area contributed by atoms with Crippen molar-refractivity contribution in [2.75, 3.05) is 26.3 Å². The molecule has 2 saturated heterocycles. The Hall–Kier alpha value is -1.79. The average molecular weight is 343 g/mol. The van der Waals surface area contributed by atoms with Crippen molar-refractivity contribution < 1.29 is 9.53 Å². The van der Waals surface area contributed by atoms with Gasteiger partial charge in [-0.3, -0.25) is 9.78 Å². The first-order chi connectivity index (χ1) is 11.7. The molecule has 2 aromatic heterocycles. The third-order valence-corrected chi connectivity index (χ3v) is 5.97. The fraction of sp³-hybridized carbons (Fsp3) is 0.500. The number of hydrogen-bond acceptors (Lipinski definition) is 5. The molecule has 2 fully saturated rings. The van der Waals surface area contributed by atoms with E-state index >= 15 is 0 Å². The first kappa shape index (κ1) is 15.7. The Morgan fingerprint density at radius 3 is 3.12 bits per heavy atom. The Kier molecular flexibility index (Phi) is 4.33. The lowest BCUT2D eigenvalue weighted by atomic mass is 9.79. The Morgan fingerprint density at radius 2 is 2.33 bits per heavy atom. The lowest BCUT2D eigenvalue weighted by Gasteiger charge is -2.39. The molecule has 0 radical (unpaired) electrons. The van der Waals surface area contributed by atoms with Crippen molar-refractivity contribution in [1.29, 1.82) is 0 Å². The summed E-state index contributed by atoms with van der Waals surface area (Å²) in [5.74, 6) is 0.273. The largest absolute Gasteiger partial charge is 0.381 e. The van der Waals surface area contributed by atoms with Crippen molar-refractivity contribution in [2.45, 2.75) is 25.7 Å². The van der Waals surface area contributed by atoms with Crippen LogP contribution in [0.2, 0.25) is 0 Å². The van der Waals surface area contributed by atoms with Crippen LogP contribution in [-0.4, -0.2) is 47.1 Å². The second kappa shape index (κ2) is 6.61. The second-order valence-corrected chi connectivity index (χ2v) is 7.61. The molecular weight excluding hydrogens is 322 g/mol. The van der Waals surface area contributed by atoms with Crippen LogP contribution in [0.4, 0.5) is 0 Å². The molecule has 2 aliphatic heterocycles. The first-order valence-electron chi connectivity index (χ1n) is 8.44. The van der Waals surface area contributed by atoms with E-state index in [4.69, 9.17) is 9.72 Å². The Morgan fingerprint density at radius 1 is 1.38 bits per heavy atom. The van der Waals surface area contributed by atoms with Crippen LogP contribution in [-0.2, 0) is 16.0 Å². The van der Waals surface area contributed by atoms with Crippen molar-refractivity contribution in [3.63, 3.8) is 0 Å². The van der Waals surface area contributed by atoms with Crippen molar-refractivity contribution in [1.82, 2.24) is 14.9 Å². The number of carbonyl (C=O) groups excluding carboxylic acids is 1. The van der Waals surface area contributed by atoms with E-state index < -0.39 is 0 Å². The van der Waals surface area contributed by atoms with Gasteiger partial charge >= 0.3 is 0 Å². The fourth-order valence-electron chi connectivity index (χ4n) is 3.57. The summed E-state index contributed by atoms with van der Waals surface area (Å²) in [5.41, 5.74) is 2.30. The lowest BCUT2D eigenvalue weighted by Crippen LogP contribution is -2.47. The predicted molar refractivity (Wildman–Crippen MR) is 92.7 cm³/mol. The minimum Gasteiger partial charge on any atom is -0.381 e. The van der Waals surface area contributed by atoms with Gasteiger partial charge in [-0.05, 0) is 25.0 Å². The van der Waals surface area contributed by atoms with Gasteiger partial charge in [-0.2, -0.15) is 0 Å². The molecule has 0 unspecified atom stereocenters. The summed E-state index contributed by atoms with van der Waals surface area (Å²) >= 11 is 1.63. The van der Waals surface area contributed by atoms with E-state index in [2.05, 4.69) is 10.4 Å². The lowest BCUT2D eigenvalue weighted by molar-refractivity contribution is -0.137. The molecule has 1 spiro atoms. The number of thiazole rings is 1. The number of piperidine rings is 1. The highest BCUT2D eigenvalue weighted by atomic mass is 32.1. The third kappa shape index (κ3) is 3.21. The van der Waals surface area contributed by atoms with Crippen molar-refractivity contribution in [3.8, 4) is 10.6 Å². The number of carbonyl (C=O) groups is 1. The van der Waals surface area contributed by atoms with Crippen molar-refractivity contribution in [3.05, 3.63) is 35.6 Å². The minimum absolute atomic E-state index is 0.205. The summed E-state index contributed by atoms with van der Waals surface area (Å²) in [7, 11) is 0. The molecule has 0 N–H and O–H groups in total. The molecule has 1 amide bonds. The van der Waals surface area contributed by atoms with Crippen LogP contribution >= 0.6 is 11.3 Å². The Labute approximate surface area is 145 Å². The SMILES string of the molecule is O=C1CC[C@]2(CCOC2)CN1CCc1csc(-c2cccnc2)n1. The first-order valence-corrected chi connectivity index (χ1v) is 9.32. The number of ether oxygens (including phenoxy) is 1. The van der Waals surface area contributed by atoms with Gasteiger partial charge in [0.2, 0.25) is 5.91 Å². The second-order valence-electron chi connectivity index (χ2n) is 6.75. The Bertz CT molecular complexity index is 710. The van der Waals surface area contributed by atoms with Gasteiger partial charge in [0.25, 0.3) is 0 Å². The smallest absolute Gasteiger partial charge is 0.222 e. The van der Waals surface area contributed by atoms with E-state index in [0.29, 0.717) is 6.42 Å². The maximum Gasteiger partial charge on any atom is 0.222 e. The van der Waals surface area contributed by atoms with Gasteiger partial charge in [-0.25, -0.2) is 4.98 Å². The monoisotopic (exact) mass is 343 g/mol. The topological polar surface area (TPSA) is 55.3 Å². The number of nitrogens with zero attached hydrogens (tertiary/aromatic N) is 3. The van der Waals surface area contributed by atoms with Crippen LogP contribution in [0.3, 0.4) is 0 Å². The fourth-order valence-corrected chi connectivity index (χ4v) is 4.42. The molecule has 1 atom stereocenters. The molecular formula is C18H21N3O2S. The molecule has 126 valence electrons. The van der Waals surface area contributed by atoms with Gasteiger partial charge in [0.15, 0.2) is 0 Å². The number of amides is 1. The molecule has 4 heterocycles. The maximum absolute atomic E-state index is 12.2. The van der Waals surface area contributed by atoms with Crippen LogP contribution in [0.5, 0.6) is 0 Å². The highest BCUT2D eigenvalue weighted by molar-refractivity contribution is 7.13. The number of likely N-dealkylation sites (tertiary alicyclic amines) is 1. The molecule has 0 bridgehead atoms. The minimum atomic E-state index is 0.205. The van der Waals surface area contributed by atoms with E-state index in [9.17, 15) is 4.79 Å². The van der Waals surface area contributed by atoms with Crippen LogP contribution in [0, 0.1) is 5.41 Å². The zero-order chi connectivity index (χ0) is 16.4. The maximum atomic E-state index is 12.2. The highest BCUT2D eigenvalue weighted by Gasteiger charge is 2.41. The van der Waals surface area contributed by atoms with Gasteiger partial charge in [0, 0.05) is 61.3 Å². The number of hydrogen-bond donors (Lipinski definition) is 0. The summed E-state index contributed by atoms with van der Waals surface area (Å²) < 4.78 is 5.58. The normalized spacial score (nSPS) is 24.0. The van der Waals surface area contributed by atoms with E-state index in [1.165, 1.54) is 0 Å². The van der Waals surface area contributed by atoms with Crippen LogP contribution in [0.15, 0.2) is 29.9 Å². The molecule has 6 heteroatoms. The molecule has 0 aromatic carbocycles. The molecule has 5 nitrogen and oxygen atoms in total. The zero-order valence-electron chi connectivity index (χ0n) is 13.6. The van der Waals surface area contributed by atoms with Crippen molar-refractivity contribution in [2.24, 2.45) is 5.41 Å². The predicted octanol–water partition coefficient (Wildman–Crippen LogP) is 2.78. The van der Waals surface area contributed by atoms with Crippen molar-refractivity contribution >= 4 is 17.2 Å². The molecule has 2 aliphatic rings. The number of aromatic nitrogens is 2. The summed E-state index contributed by atoms with van der Waals surface area (Å²) in [5, 5.41) is 3.08. The highest BCUT2D eigenvalue weighted by Crippen LogP contribution is 2.38. The summed E-state index contributed by atoms with van der Waals surface area (Å²) in [4.78, 5) is 23.1. The van der Waals surface area contributed by atoms with E-state index in [0.717, 1.165) is 61.8 Å². The molecule has 4 rings (SSSR count). The van der Waals surface area contributed by atoms with Crippen LogP contribution < -0.4 is 0 Å². The average Bonchev–Trinajstić information content (AvgIpc) is 3.27. The summed E-state index contributed by atoms with van der Waals surface area (Å²) in [6.07, 6.45) is 7.12. The molecule has 2 aromatic rings. The number of pyridine rings is 1. The van der Waals surface area contributed by atoms with Gasteiger partial charge in [0.05, 0.1) is 12.3 Å². The van der Waals surface area contributed by atoms with Gasteiger partial charge in [-0.1, -0.05) is 0 Å². The van der Waals surface area contributed by atoms with Crippen LogP contribution in [0.25, 0.3) is 10.6 Å². The van der Waals surface area contributed by atoms with Gasteiger partial charge in [0.1, 0.15) is 5.01 Å². The Balaban J connectivity index is 1.39. The number of rotatable bonds is 4. The quantitative estimate of drug-likeness (QED) is 0.857. The van der Waals surface area contributed by atoms with E-state index in [1.54, 1.807) is 17.5 Å². The van der Waals surface area contributed by atoms with E-state index in [-0.39, 0.29) is 11.3 Å². The zero-order valence-corrected chi connectivity index (χ0v) is 14.4.